The van der Waals surface area contributed by atoms with Crippen molar-refractivity contribution in [1.29, 1.82) is 0 Å². The van der Waals surface area contributed by atoms with Gasteiger partial charge >= 0.3 is 0 Å². The molecule has 7 atom stereocenters. The standard InChI is InChI=1S/C51H97NO8/c1-3-5-7-9-11-13-14-15-16-17-18-19-20-21-22-23-24-25-26-27-28-29-30-31-33-34-36-38-40-45(54)44(43-59-51-50(58)49(57)48(56)46(42-53)60-51)52-47(55)41-39-37-35-32-12-10-8-6-4-2/h31,33,38,40,44-46,48-51,53-54,56-58H,3-30,32,34-37,39,41-43H2,1-2H3,(H,52,55)/b33-31+,40-38+. The number of unbranched alkanes of at least 4 members (excludes halogenated alkanes) is 31. The summed E-state index contributed by atoms with van der Waals surface area (Å²) in [5.74, 6) is -0.189. The van der Waals surface area contributed by atoms with Crippen LogP contribution in [0.5, 0.6) is 0 Å². The Balaban J connectivity index is 2.20. The Hall–Kier alpha value is -1.33. The molecule has 6 N–H and O–H groups in total. The van der Waals surface area contributed by atoms with Gasteiger partial charge in [-0.3, -0.25) is 4.79 Å². The van der Waals surface area contributed by atoms with Gasteiger partial charge in [0.1, 0.15) is 24.4 Å². The fourth-order valence-corrected chi connectivity index (χ4v) is 8.17. The van der Waals surface area contributed by atoms with Crippen molar-refractivity contribution in [3.8, 4) is 0 Å². The molecule has 60 heavy (non-hydrogen) atoms. The summed E-state index contributed by atoms with van der Waals surface area (Å²) in [7, 11) is 0. The van der Waals surface area contributed by atoms with E-state index in [2.05, 4.69) is 31.3 Å². The van der Waals surface area contributed by atoms with Crippen molar-refractivity contribution < 1.29 is 39.8 Å². The SMILES string of the molecule is CCCCCCCCCCCCCCCCCCCCCCCC/C=C/CC/C=C/C(O)C(COC1OC(CO)C(O)C(O)C1O)NC(=O)CCCCCCCCCCC. The number of hydrogen-bond acceptors (Lipinski definition) is 8. The largest absolute Gasteiger partial charge is 0.394 e. The van der Waals surface area contributed by atoms with Crippen molar-refractivity contribution in [3.63, 3.8) is 0 Å². The molecular formula is C51H97NO8. The quantitative estimate of drug-likeness (QED) is 0.0262. The highest BCUT2D eigenvalue weighted by molar-refractivity contribution is 5.76. The fourth-order valence-electron chi connectivity index (χ4n) is 8.17. The summed E-state index contributed by atoms with van der Waals surface area (Å²) < 4.78 is 11.2. The molecule has 0 radical (unpaired) electrons. The monoisotopic (exact) mass is 852 g/mol. The van der Waals surface area contributed by atoms with Gasteiger partial charge in [-0.25, -0.2) is 0 Å². The maximum atomic E-state index is 12.9. The van der Waals surface area contributed by atoms with E-state index in [1.807, 2.05) is 6.08 Å². The van der Waals surface area contributed by atoms with Crippen molar-refractivity contribution in [1.82, 2.24) is 5.32 Å². The van der Waals surface area contributed by atoms with Crippen LogP contribution in [0.25, 0.3) is 0 Å². The molecule has 0 aromatic heterocycles. The second kappa shape index (κ2) is 41.7. The van der Waals surface area contributed by atoms with Crippen LogP contribution in [0.15, 0.2) is 24.3 Å². The van der Waals surface area contributed by atoms with Crippen molar-refractivity contribution in [2.45, 2.75) is 281 Å². The Morgan fingerprint density at radius 2 is 0.950 bits per heavy atom. The first kappa shape index (κ1) is 56.7. The van der Waals surface area contributed by atoms with Crippen LogP contribution >= 0.6 is 0 Å². The molecular weight excluding hydrogens is 755 g/mol. The van der Waals surface area contributed by atoms with Gasteiger partial charge in [0.2, 0.25) is 5.91 Å². The van der Waals surface area contributed by atoms with Gasteiger partial charge < -0.3 is 40.3 Å². The van der Waals surface area contributed by atoms with Crippen LogP contribution in [-0.2, 0) is 14.3 Å². The molecule has 1 amide bonds. The number of amides is 1. The van der Waals surface area contributed by atoms with Gasteiger partial charge in [-0.15, -0.1) is 0 Å². The molecule has 9 nitrogen and oxygen atoms in total. The van der Waals surface area contributed by atoms with Crippen LogP contribution in [0, 0.1) is 0 Å². The molecule has 0 aromatic rings. The van der Waals surface area contributed by atoms with E-state index >= 15 is 0 Å². The predicted octanol–water partition coefficient (Wildman–Crippen LogP) is 11.5. The third-order valence-electron chi connectivity index (χ3n) is 12.3. The number of allylic oxidation sites excluding steroid dienone is 3. The summed E-state index contributed by atoms with van der Waals surface area (Å²) >= 11 is 0. The maximum Gasteiger partial charge on any atom is 0.220 e. The normalized spacial score (nSPS) is 20.7. The third-order valence-corrected chi connectivity index (χ3v) is 12.3. The van der Waals surface area contributed by atoms with Crippen molar-refractivity contribution >= 4 is 5.91 Å². The second-order valence-electron chi connectivity index (χ2n) is 18.0. The summed E-state index contributed by atoms with van der Waals surface area (Å²) in [5.41, 5.74) is 0. The van der Waals surface area contributed by atoms with E-state index in [9.17, 15) is 30.3 Å². The van der Waals surface area contributed by atoms with E-state index in [-0.39, 0.29) is 12.5 Å². The van der Waals surface area contributed by atoms with E-state index < -0.39 is 49.5 Å². The molecule has 1 aliphatic heterocycles. The molecule has 0 spiro atoms. The molecule has 1 heterocycles. The van der Waals surface area contributed by atoms with Crippen LogP contribution < -0.4 is 5.32 Å². The van der Waals surface area contributed by atoms with E-state index in [1.54, 1.807) is 6.08 Å². The first-order chi connectivity index (χ1) is 29.3. The predicted molar refractivity (Wildman–Crippen MR) is 249 cm³/mol. The lowest BCUT2D eigenvalue weighted by molar-refractivity contribution is -0.302. The molecule has 354 valence electrons. The number of carbonyl (C=O) groups is 1. The van der Waals surface area contributed by atoms with Gasteiger partial charge in [0.05, 0.1) is 25.4 Å². The average Bonchev–Trinajstić information content (AvgIpc) is 3.25. The average molecular weight is 852 g/mol. The molecule has 1 aliphatic rings. The minimum Gasteiger partial charge on any atom is -0.394 e. The van der Waals surface area contributed by atoms with Gasteiger partial charge in [0.15, 0.2) is 6.29 Å². The summed E-state index contributed by atoms with van der Waals surface area (Å²) in [6.45, 7) is 3.74. The minimum atomic E-state index is -1.57. The van der Waals surface area contributed by atoms with E-state index in [1.165, 1.54) is 180 Å². The summed E-state index contributed by atoms with van der Waals surface area (Å²) in [6, 6.07) is -0.816. The molecule has 0 saturated carbocycles. The third kappa shape index (κ3) is 31.5. The Labute approximate surface area is 369 Å². The molecule has 0 bridgehead atoms. The number of hydrogen-bond donors (Lipinski definition) is 6. The Morgan fingerprint density at radius 1 is 0.550 bits per heavy atom. The number of aliphatic hydroxyl groups excluding tert-OH is 5. The molecule has 9 heteroatoms. The highest BCUT2D eigenvalue weighted by Crippen LogP contribution is 2.23. The zero-order chi connectivity index (χ0) is 43.7. The number of nitrogens with one attached hydrogen (secondary N) is 1. The number of rotatable bonds is 43. The molecule has 7 unspecified atom stereocenters. The van der Waals surface area contributed by atoms with Crippen LogP contribution in [0.1, 0.15) is 239 Å². The minimum absolute atomic E-state index is 0.189. The number of ether oxygens (including phenoxy) is 2. The lowest BCUT2D eigenvalue weighted by atomic mass is 9.99. The summed E-state index contributed by atoms with van der Waals surface area (Å²) in [6.07, 6.45) is 44.1. The highest BCUT2D eigenvalue weighted by atomic mass is 16.7. The second-order valence-corrected chi connectivity index (χ2v) is 18.0. The lowest BCUT2D eigenvalue weighted by Crippen LogP contribution is -2.60. The first-order valence-corrected chi connectivity index (χ1v) is 25.6. The zero-order valence-corrected chi connectivity index (χ0v) is 39.0. The van der Waals surface area contributed by atoms with Crippen LogP contribution in [-0.4, -0.2) is 87.5 Å². The first-order valence-electron chi connectivity index (χ1n) is 25.6. The van der Waals surface area contributed by atoms with Gasteiger partial charge in [0, 0.05) is 6.42 Å². The lowest BCUT2D eigenvalue weighted by Gasteiger charge is -2.40. The molecule has 1 fully saturated rings. The topological polar surface area (TPSA) is 149 Å². The Morgan fingerprint density at radius 3 is 1.40 bits per heavy atom. The molecule has 1 rings (SSSR count). The van der Waals surface area contributed by atoms with Gasteiger partial charge in [0.25, 0.3) is 0 Å². The highest BCUT2D eigenvalue weighted by Gasteiger charge is 2.44. The summed E-state index contributed by atoms with van der Waals surface area (Å²) in [5, 5.41) is 54.1. The number of carbonyl (C=O) groups excluding carboxylic acids is 1. The van der Waals surface area contributed by atoms with E-state index in [0.29, 0.717) is 6.42 Å². The van der Waals surface area contributed by atoms with Crippen LogP contribution in [0.2, 0.25) is 0 Å². The Kier molecular flexibility index (Phi) is 39.4. The van der Waals surface area contributed by atoms with Gasteiger partial charge in [-0.05, 0) is 32.1 Å². The van der Waals surface area contributed by atoms with Crippen molar-refractivity contribution in [2.75, 3.05) is 13.2 Å². The van der Waals surface area contributed by atoms with Crippen molar-refractivity contribution in [3.05, 3.63) is 24.3 Å². The van der Waals surface area contributed by atoms with Crippen LogP contribution in [0.4, 0.5) is 0 Å². The van der Waals surface area contributed by atoms with E-state index in [4.69, 9.17) is 9.47 Å². The molecule has 0 aromatic carbocycles. The molecule has 0 aliphatic carbocycles. The smallest absolute Gasteiger partial charge is 0.220 e. The maximum absolute atomic E-state index is 12.9. The summed E-state index contributed by atoms with van der Waals surface area (Å²) in [4.78, 5) is 12.9. The van der Waals surface area contributed by atoms with E-state index in [0.717, 1.165) is 38.5 Å². The van der Waals surface area contributed by atoms with Crippen molar-refractivity contribution in [2.24, 2.45) is 0 Å². The fraction of sp³-hybridized carbons (Fsp3) is 0.902. The van der Waals surface area contributed by atoms with Crippen LogP contribution in [0.3, 0.4) is 0 Å². The molecule has 1 saturated heterocycles. The Bertz CT molecular complexity index is 992. The zero-order valence-electron chi connectivity index (χ0n) is 39.0. The van der Waals surface area contributed by atoms with Gasteiger partial charge in [-0.2, -0.15) is 0 Å². The van der Waals surface area contributed by atoms with Gasteiger partial charge in [-0.1, -0.05) is 224 Å². The number of aliphatic hydroxyl groups is 5.